The van der Waals surface area contributed by atoms with Crippen LogP contribution in [0.2, 0.25) is 0 Å². The second kappa shape index (κ2) is 5.84. The largest absolute Gasteiger partial charge is 0.395 e. The van der Waals surface area contributed by atoms with E-state index in [1.807, 2.05) is 6.92 Å². The SMILES string of the molecule is Cc1nnc(CN(CCO)CC23CC4CC(CC(C4)C2)C3)s1. The molecule has 0 amide bonds. The van der Waals surface area contributed by atoms with E-state index in [0.29, 0.717) is 5.41 Å². The van der Waals surface area contributed by atoms with E-state index in [-0.39, 0.29) is 6.61 Å². The zero-order valence-electron chi connectivity index (χ0n) is 13.5. The molecule has 4 aliphatic rings. The van der Waals surface area contributed by atoms with Crippen molar-refractivity contribution in [3.05, 3.63) is 10.0 Å². The van der Waals surface area contributed by atoms with Crippen LogP contribution >= 0.6 is 11.3 Å². The second-order valence-electron chi connectivity index (χ2n) is 8.07. The number of aliphatic hydroxyl groups excluding tert-OH is 1. The van der Waals surface area contributed by atoms with Crippen LogP contribution in [0, 0.1) is 30.1 Å². The maximum absolute atomic E-state index is 9.46. The zero-order chi connectivity index (χ0) is 15.2. The summed E-state index contributed by atoms with van der Waals surface area (Å²) >= 11 is 1.69. The highest BCUT2D eigenvalue weighted by molar-refractivity contribution is 7.11. The highest BCUT2D eigenvalue weighted by atomic mass is 32.1. The van der Waals surface area contributed by atoms with Crippen LogP contribution in [0.5, 0.6) is 0 Å². The zero-order valence-corrected chi connectivity index (χ0v) is 14.3. The van der Waals surface area contributed by atoms with Gasteiger partial charge in [0.05, 0.1) is 13.2 Å². The molecule has 0 atom stereocenters. The van der Waals surface area contributed by atoms with Gasteiger partial charge in [-0.1, -0.05) is 0 Å². The van der Waals surface area contributed by atoms with E-state index >= 15 is 0 Å². The molecule has 0 aromatic carbocycles. The summed E-state index contributed by atoms with van der Waals surface area (Å²) in [6.07, 6.45) is 8.76. The molecule has 22 heavy (non-hydrogen) atoms. The third-order valence-corrected chi connectivity index (χ3v) is 6.89. The summed E-state index contributed by atoms with van der Waals surface area (Å²) in [5.41, 5.74) is 0.531. The molecule has 1 N–H and O–H groups in total. The van der Waals surface area contributed by atoms with Gasteiger partial charge in [-0.25, -0.2) is 0 Å². The molecule has 4 fully saturated rings. The summed E-state index contributed by atoms with van der Waals surface area (Å²) in [4.78, 5) is 2.44. The predicted octanol–water partition coefficient (Wildman–Crippen LogP) is 2.86. The van der Waals surface area contributed by atoms with Gasteiger partial charge in [-0.2, -0.15) is 0 Å². The minimum absolute atomic E-state index is 0.240. The lowest BCUT2D eigenvalue weighted by molar-refractivity contribution is -0.0714. The third kappa shape index (κ3) is 2.95. The number of rotatable bonds is 6. The molecule has 1 heterocycles. The van der Waals surface area contributed by atoms with E-state index in [2.05, 4.69) is 15.1 Å². The first-order valence-corrected chi connectivity index (χ1v) is 9.58. The van der Waals surface area contributed by atoms with E-state index < -0.39 is 0 Å². The van der Waals surface area contributed by atoms with E-state index in [1.54, 1.807) is 11.3 Å². The topological polar surface area (TPSA) is 49.2 Å². The Hall–Kier alpha value is -0.520. The molecule has 4 nitrogen and oxygen atoms in total. The van der Waals surface area contributed by atoms with E-state index in [4.69, 9.17) is 0 Å². The fourth-order valence-corrected chi connectivity index (χ4v) is 6.66. The molecular formula is C17H27N3OS. The molecule has 5 heteroatoms. The fourth-order valence-electron chi connectivity index (χ4n) is 5.91. The summed E-state index contributed by atoms with van der Waals surface area (Å²) in [6.45, 7) is 5.02. The van der Waals surface area contributed by atoms with Crippen LogP contribution in [-0.4, -0.2) is 39.9 Å². The first kappa shape index (κ1) is 15.0. The number of aryl methyl sites for hydroxylation is 1. The summed E-state index contributed by atoms with van der Waals surface area (Å²) in [5.74, 6) is 2.98. The molecular weight excluding hydrogens is 294 g/mol. The molecule has 0 saturated heterocycles. The number of aliphatic hydroxyl groups is 1. The van der Waals surface area contributed by atoms with Crippen LogP contribution in [0.1, 0.15) is 48.5 Å². The Kier molecular flexibility index (Phi) is 3.99. The quantitative estimate of drug-likeness (QED) is 0.875. The Morgan fingerprint density at radius 3 is 2.27 bits per heavy atom. The average molecular weight is 321 g/mol. The molecule has 1 aromatic rings. The minimum Gasteiger partial charge on any atom is -0.395 e. The van der Waals surface area contributed by atoms with Crippen molar-refractivity contribution in [1.82, 2.24) is 15.1 Å². The van der Waals surface area contributed by atoms with Gasteiger partial charge in [0.1, 0.15) is 10.0 Å². The lowest BCUT2D eigenvalue weighted by Crippen LogP contribution is -2.51. The smallest absolute Gasteiger partial charge is 0.131 e. The second-order valence-corrected chi connectivity index (χ2v) is 9.33. The molecule has 4 bridgehead atoms. The summed E-state index contributed by atoms with van der Waals surface area (Å²) in [6, 6.07) is 0. The van der Waals surface area contributed by atoms with E-state index in [1.165, 1.54) is 38.5 Å². The van der Waals surface area contributed by atoms with E-state index in [0.717, 1.165) is 47.4 Å². The standard InChI is InChI=1S/C17H27N3OS/c1-12-18-19-16(22-12)10-20(2-3-21)11-17-7-13-4-14(8-17)6-15(5-13)9-17/h13-15,21H,2-11H2,1H3. The van der Waals surface area contributed by atoms with Gasteiger partial charge in [0.2, 0.25) is 0 Å². The van der Waals surface area contributed by atoms with Crippen LogP contribution < -0.4 is 0 Å². The van der Waals surface area contributed by atoms with Gasteiger partial charge in [0.25, 0.3) is 0 Å². The maximum Gasteiger partial charge on any atom is 0.131 e. The predicted molar refractivity (Wildman–Crippen MR) is 87.6 cm³/mol. The van der Waals surface area contributed by atoms with Gasteiger partial charge in [0.15, 0.2) is 0 Å². The van der Waals surface area contributed by atoms with Crippen LogP contribution in [0.15, 0.2) is 0 Å². The van der Waals surface area contributed by atoms with Crippen LogP contribution in [0.25, 0.3) is 0 Å². The van der Waals surface area contributed by atoms with Gasteiger partial charge in [-0.3, -0.25) is 4.90 Å². The molecule has 4 saturated carbocycles. The molecule has 4 aliphatic carbocycles. The fraction of sp³-hybridized carbons (Fsp3) is 0.882. The highest BCUT2D eigenvalue weighted by Crippen LogP contribution is 2.60. The number of hydrogen-bond donors (Lipinski definition) is 1. The molecule has 5 rings (SSSR count). The molecule has 0 aliphatic heterocycles. The van der Waals surface area contributed by atoms with Crippen molar-refractivity contribution >= 4 is 11.3 Å². The van der Waals surface area contributed by atoms with Crippen molar-refractivity contribution in [2.45, 2.75) is 52.0 Å². The Morgan fingerprint density at radius 2 is 1.77 bits per heavy atom. The summed E-state index contributed by atoms with van der Waals surface area (Å²) in [5, 5.41) is 20.0. The lowest BCUT2D eigenvalue weighted by Gasteiger charge is -2.58. The first-order chi connectivity index (χ1) is 10.6. The van der Waals surface area contributed by atoms with Gasteiger partial charge in [-0.05, 0) is 68.6 Å². The van der Waals surface area contributed by atoms with Crippen molar-refractivity contribution in [1.29, 1.82) is 0 Å². The van der Waals surface area contributed by atoms with Crippen molar-refractivity contribution in [3.8, 4) is 0 Å². The average Bonchev–Trinajstić information content (AvgIpc) is 2.82. The van der Waals surface area contributed by atoms with Gasteiger partial charge < -0.3 is 5.11 Å². The Balaban J connectivity index is 1.47. The van der Waals surface area contributed by atoms with Crippen LogP contribution in [-0.2, 0) is 6.54 Å². The van der Waals surface area contributed by atoms with Crippen molar-refractivity contribution in [2.75, 3.05) is 19.7 Å². The number of hydrogen-bond acceptors (Lipinski definition) is 5. The molecule has 1 aromatic heterocycles. The molecule has 0 unspecified atom stereocenters. The van der Waals surface area contributed by atoms with Gasteiger partial charge in [-0.15, -0.1) is 21.5 Å². The third-order valence-electron chi connectivity index (χ3n) is 6.07. The maximum atomic E-state index is 9.46. The van der Waals surface area contributed by atoms with Gasteiger partial charge >= 0.3 is 0 Å². The normalized spacial score (nSPS) is 36.4. The Labute approximate surface area is 136 Å². The van der Waals surface area contributed by atoms with Crippen LogP contribution in [0.4, 0.5) is 0 Å². The Morgan fingerprint density at radius 1 is 1.14 bits per heavy atom. The lowest BCUT2D eigenvalue weighted by atomic mass is 9.49. The minimum atomic E-state index is 0.240. The van der Waals surface area contributed by atoms with Gasteiger partial charge in [0, 0.05) is 13.1 Å². The number of nitrogens with zero attached hydrogens (tertiary/aromatic N) is 3. The van der Waals surface area contributed by atoms with Crippen molar-refractivity contribution in [2.24, 2.45) is 23.2 Å². The number of aromatic nitrogens is 2. The summed E-state index contributed by atoms with van der Waals surface area (Å²) in [7, 11) is 0. The highest BCUT2D eigenvalue weighted by Gasteiger charge is 2.51. The molecule has 0 radical (unpaired) electrons. The Bertz CT molecular complexity index is 494. The van der Waals surface area contributed by atoms with Crippen molar-refractivity contribution < 1.29 is 5.11 Å². The van der Waals surface area contributed by atoms with Crippen LogP contribution in [0.3, 0.4) is 0 Å². The molecule has 122 valence electrons. The monoisotopic (exact) mass is 321 g/mol. The van der Waals surface area contributed by atoms with E-state index in [9.17, 15) is 5.11 Å². The molecule has 0 spiro atoms. The van der Waals surface area contributed by atoms with Crippen molar-refractivity contribution in [3.63, 3.8) is 0 Å². The first-order valence-electron chi connectivity index (χ1n) is 8.76. The summed E-state index contributed by atoms with van der Waals surface area (Å²) < 4.78 is 0.